The van der Waals surface area contributed by atoms with Gasteiger partial charge in [0.05, 0.1) is 7.11 Å². The van der Waals surface area contributed by atoms with Crippen LogP contribution in [0.25, 0.3) is 0 Å². The molecule has 1 fully saturated rings. The summed E-state index contributed by atoms with van der Waals surface area (Å²) in [6.07, 6.45) is 0. The van der Waals surface area contributed by atoms with Crippen molar-refractivity contribution in [2.75, 3.05) is 7.11 Å². The molecule has 0 radical (unpaired) electrons. The molecule has 0 unspecified atom stereocenters. The molecule has 2 rings (SSSR count). The van der Waals surface area contributed by atoms with E-state index < -0.39 is 0 Å². The Morgan fingerprint density at radius 2 is 1.93 bits per heavy atom. The maximum Gasteiger partial charge on any atom is 0.122 e. The summed E-state index contributed by atoms with van der Waals surface area (Å²) in [6, 6.07) is 6.42. The second-order valence-electron chi connectivity index (χ2n) is 5.02. The van der Waals surface area contributed by atoms with Crippen molar-refractivity contribution < 1.29 is 4.74 Å². The summed E-state index contributed by atoms with van der Waals surface area (Å²) in [5, 5.41) is 0. The number of nitrogens with two attached hydrogens (primary N) is 1. The first-order chi connectivity index (χ1) is 7.00. The molecular weight excluding hydrogens is 186 g/mol. The number of ether oxygens (including phenoxy) is 1. The fraction of sp³-hybridized carbons (Fsp3) is 0.538. The molecule has 0 spiro atoms. The van der Waals surface area contributed by atoms with E-state index >= 15 is 0 Å². The molecule has 1 aliphatic carbocycles. The Bertz CT molecular complexity index is 384. The Labute approximate surface area is 91.4 Å². The highest BCUT2D eigenvalue weighted by atomic mass is 16.5. The van der Waals surface area contributed by atoms with Gasteiger partial charge in [0.15, 0.2) is 0 Å². The Morgan fingerprint density at radius 1 is 1.33 bits per heavy atom. The van der Waals surface area contributed by atoms with Gasteiger partial charge in [0.25, 0.3) is 0 Å². The van der Waals surface area contributed by atoms with E-state index in [2.05, 4.69) is 26.8 Å². The number of hydrogen-bond acceptors (Lipinski definition) is 2. The third-order valence-corrected chi connectivity index (χ3v) is 3.73. The van der Waals surface area contributed by atoms with Crippen LogP contribution < -0.4 is 10.5 Å². The van der Waals surface area contributed by atoms with E-state index in [9.17, 15) is 0 Å². The van der Waals surface area contributed by atoms with Crippen LogP contribution in [-0.4, -0.2) is 13.2 Å². The van der Waals surface area contributed by atoms with Gasteiger partial charge in [0, 0.05) is 17.5 Å². The van der Waals surface area contributed by atoms with Crippen molar-refractivity contribution in [2.45, 2.75) is 32.7 Å². The zero-order valence-corrected chi connectivity index (χ0v) is 9.87. The van der Waals surface area contributed by atoms with Gasteiger partial charge >= 0.3 is 0 Å². The number of rotatable bonds is 2. The molecule has 0 aromatic heterocycles. The van der Waals surface area contributed by atoms with Crippen LogP contribution in [0.1, 0.15) is 30.9 Å². The summed E-state index contributed by atoms with van der Waals surface area (Å²) >= 11 is 0. The molecule has 0 aliphatic heterocycles. The molecule has 15 heavy (non-hydrogen) atoms. The van der Waals surface area contributed by atoms with E-state index in [0.29, 0.717) is 5.92 Å². The molecule has 1 saturated carbocycles. The minimum atomic E-state index is 0.208. The van der Waals surface area contributed by atoms with Crippen molar-refractivity contribution in [2.24, 2.45) is 11.1 Å². The van der Waals surface area contributed by atoms with Crippen molar-refractivity contribution in [1.29, 1.82) is 0 Å². The van der Waals surface area contributed by atoms with Crippen molar-refractivity contribution in [3.8, 4) is 5.75 Å². The lowest BCUT2D eigenvalue weighted by Crippen LogP contribution is -2.06. The lowest BCUT2D eigenvalue weighted by Gasteiger charge is -2.12. The van der Waals surface area contributed by atoms with Crippen LogP contribution in [0.5, 0.6) is 5.75 Å². The van der Waals surface area contributed by atoms with Crippen LogP contribution in [-0.2, 0) is 0 Å². The van der Waals surface area contributed by atoms with E-state index in [4.69, 9.17) is 10.5 Å². The Balaban J connectivity index is 2.45. The van der Waals surface area contributed by atoms with Crippen LogP contribution in [0.15, 0.2) is 18.2 Å². The molecule has 0 heterocycles. The first-order valence-electron chi connectivity index (χ1n) is 5.39. The summed E-state index contributed by atoms with van der Waals surface area (Å²) in [6.45, 7) is 6.56. The summed E-state index contributed by atoms with van der Waals surface area (Å²) in [5.41, 5.74) is 8.89. The lowest BCUT2D eigenvalue weighted by molar-refractivity contribution is 0.407. The predicted molar refractivity (Wildman–Crippen MR) is 62.2 cm³/mol. The summed E-state index contributed by atoms with van der Waals surface area (Å²) in [5.74, 6) is 1.41. The number of benzene rings is 1. The number of methoxy groups -OCH3 is 1. The summed E-state index contributed by atoms with van der Waals surface area (Å²) in [7, 11) is 1.72. The highest BCUT2D eigenvalue weighted by molar-refractivity contribution is 5.48. The molecule has 2 nitrogen and oxygen atoms in total. The van der Waals surface area contributed by atoms with Crippen molar-refractivity contribution in [3.63, 3.8) is 0 Å². The summed E-state index contributed by atoms with van der Waals surface area (Å²) < 4.78 is 5.41. The normalized spacial score (nSPS) is 27.5. The standard InChI is InChI=1S/C13H19NO/c1-8-6-5-7-9(15-4)10(8)11-12(14)13(11,2)3/h5-7,11-12H,14H2,1-4H3/t11-,12-/m1/s1. The monoisotopic (exact) mass is 205 g/mol. The van der Waals surface area contributed by atoms with Crippen LogP contribution in [0, 0.1) is 12.3 Å². The largest absolute Gasteiger partial charge is 0.496 e. The second-order valence-corrected chi connectivity index (χ2v) is 5.02. The van der Waals surface area contributed by atoms with E-state index in [-0.39, 0.29) is 11.5 Å². The average molecular weight is 205 g/mol. The van der Waals surface area contributed by atoms with Crippen molar-refractivity contribution >= 4 is 0 Å². The molecule has 0 amide bonds. The first-order valence-corrected chi connectivity index (χ1v) is 5.39. The van der Waals surface area contributed by atoms with Gasteiger partial charge in [-0.1, -0.05) is 26.0 Å². The van der Waals surface area contributed by atoms with Crippen LogP contribution in [0.3, 0.4) is 0 Å². The SMILES string of the molecule is COc1cccc(C)c1[C@@H]1[C@@H](N)C1(C)C. The molecular formula is C13H19NO. The Morgan fingerprint density at radius 3 is 2.40 bits per heavy atom. The molecule has 2 N–H and O–H groups in total. The fourth-order valence-electron chi connectivity index (χ4n) is 2.46. The number of aryl methyl sites for hydroxylation is 1. The zero-order valence-electron chi connectivity index (χ0n) is 9.87. The van der Waals surface area contributed by atoms with Crippen LogP contribution in [0.2, 0.25) is 0 Å². The average Bonchev–Trinajstić information content (AvgIpc) is 2.66. The van der Waals surface area contributed by atoms with E-state index in [1.165, 1.54) is 11.1 Å². The quantitative estimate of drug-likeness (QED) is 0.805. The first kappa shape index (κ1) is 10.5. The van der Waals surface area contributed by atoms with Gasteiger partial charge < -0.3 is 10.5 Å². The third-order valence-electron chi connectivity index (χ3n) is 3.73. The van der Waals surface area contributed by atoms with Crippen molar-refractivity contribution in [1.82, 2.24) is 0 Å². The number of hydrogen-bond donors (Lipinski definition) is 1. The fourth-order valence-corrected chi connectivity index (χ4v) is 2.46. The smallest absolute Gasteiger partial charge is 0.122 e. The Hall–Kier alpha value is -1.02. The van der Waals surface area contributed by atoms with E-state index in [0.717, 1.165) is 5.75 Å². The van der Waals surface area contributed by atoms with Gasteiger partial charge in [0.2, 0.25) is 0 Å². The van der Waals surface area contributed by atoms with Gasteiger partial charge in [-0.25, -0.2) is 0 Å². The molecule has 0 saturated heterocycles. The molecule has 1 aromatic rings. The lowest BCUT2D eigenvalue weighted by atomic mass is 9.98. The van der Waals surface area contributed by atoms with Crippen molar-refractivity contribution in [3.05, 3.63) is 29.3 Å². The molecule has 1 aromatic carbocycles. The Kier molecular flexibility index (Phi) is 2.27. The highest BCUT2D eigenvalue weighted by Crippen LogP contribution is 2.59. The van der Waals surface area contributed by atoms with Crippen LogP contribution >= 0.6 is 0 Å². The highest BCUT2D eigenvalue weighted by Gasteiger charge is 2.57. The zero-order chi connectivity index (χ0) is 11.2. The van der Waals surface area contributed by atoms with E-state index in [1.54, 1.807) is 7.11 Å². The van der Waals surface area contributed by atoms with Gasteiger partial charge in [-0.15, -0.1) is 0 Å². The topological polar surface area (TPSA) is 35.2 Å². The predicted octanol–water partition coefficient (Wildman–Crippen LogP) is 2.45. The maximum absolute atomic E-state index is 6.11. The maximum atomic E-state index is 6.11. The van der Waals surface area contributed by atoms with E-state index in [1.807, 2.05) is 12.1 Å². The van der Waals surface area contributed by atoms with Gasteiger partial charge in [-0.3, -0.25) is 0 Å². The van der Waals surface area contributed by atoms with Gasteiger partial charge in [-0.2, -0.15) is 0 Å². The summed E-state index contributed by atoms with van der Waals surface area (Å²) in [4.78, 5) is 0. The molecule has 2 atom stereocenters. The van der Waals surface area contributed by atoms with Gasteiger partial charge in [-0.05, 0) is 24.0 Å². The second kappa shape index (κ2) is 3.24. The molecule has 1 aliphatic rings. The molecule has 2 heteroatoms. The molecule has 82 valence electrons. The van der Waals surface area contributed by atoms with Crippen LogP contribution in [0.4, 0.5) is 0 Å². The van der Waals surface area contributed by atoms with Gasteiger partial charge in [0.1, 0.15) is 5.75 Å². The minimum Gasteiger partial charge on any atom is -0.496 e. The minimum absolute atomic E-state index is 0.208. The third kappa shape index (κ3) is 1.44. The molecule has 0 bridgehead atoms.